The topological polar surface area (TPSA) is 65.4 Å². The fraction of sp³-hybridized carbons (Fsp3) is 0. The average molecular weight is 522 g/mol. The van der Waals surface area contributed by atoms with Gasteiger partial charge in [-0.1, -0.05) is 18.2 Å². The Balaban J connectivity index is 0.00000242. The predicted octanol–water partition coefficient (Wildman–Crippen LogP) is 4.52. The summed E-state index contributed by atoms with van der Waals surface area (Å²) in [7, 11) is 2.65. The molecule has 2 aromatic rings. The Morgan fingerprint density at radius 1 is 0.739 bits per heavy atom. The summed E-state index contributed by atoms with van der Waals surface area (Å²) in [6, 6.07) is 17.3. The van der Waals surface area contributed by atoms with Gasteiger partial charge in [0.15, 0.2) is 24.5 Å². The standard InChI is InChI=1S/C12H13N2O4PS2.2Y/c15-17-20-14(21-18-16)12-8-6-11(7-9-12)13(19)10-4-2-1-3-5-10;;/h1-9,15-16H,19H2;;. The van der Waals surface area contributed by atoms with Gasteiger partial charge in [0.25, 0.3) is 0 Å². The molecule has 0 saturated carbocycles. The SMILES string of the molecule is OOSN(SOO)c1ccc(N(P)c2ccccc2)cc1.[Y].[Y]. The average Bonchev–Trinajstić information content (AvgIpc) is 2.55. The monoisotopic (exact) mass is 522 g/mol. The molecule has 0 aliphatic carbocycles. The molecule has 2 aromatic carbocycles. The van der Waals surface area contributed by atoms with Gasteiger partial charge in [-0.25, -0.2) is 14.2 Å². The second kappa shape index (κ2) is 13.4. The molecule has 0 fully saturated rings. The third-order valence-electron chi connectivity index (χ3n) is 2.58. The second-order valence-electron chi connectivity index (χ2n) is 3.78. The molecule has 118 valence electrons. The fourth-order valence-corrected chi connectivity index (χ4v) is 2.78. The molecule has 2 radical (unpaired) electrons. The molecule has 1 unspecified atom stereocenters. The number of anilines is 3. The van der Waals surface area contributed by atoms with Gasteiger partial charge in [-0.05, 0) is 45.8 Å². The maximum Gasteiger partial charge on any atom is 0.164 e. The van der Waals surface area contributed by atoms with Crippen LogP contribution < -0.4 is 8.38 Å². The van der Waals surface area contributed by atoms with E-state index < -0.39 is 0 Å². The third kappa shape index (κ3) is 7.55. The van der Waals surface area contributed by atoms with E-state index in [-0.39, 0.29) is 65.4 Å². The molecule has 11 heteroatoms. The second-order valence-corrected chi connectivity index (χ2v) is 5.85. The molecule has 0 amide bonds. The summed E-state index contributed by atoms with van der Waals surface area (Å²) in [5, 5.41) is 17.0. The van der Waals surface area contributed by atoms with Crippen LogP contribution in [0.4, 0.5) is 17.1 Å². The number of hydrogen-bond acceptors (Lipinski definition) is 8. The number of benzene rings is 2. The minimum atomic E-state index is 0. The molecule has 23 heavy (non-hydrogen) atoms. The van der Waals surface area contributed by atoms with Crippen molar-refractivity contribution in [3.63, 3.8) is 0 Å². The molecule has 2 rings (SSSR count). The largest absolute Gasteiger partial charge is 0.326 e. The van der Waals surface area contributed by atoms with E-state index in [1.165, 1.54) is 3.71 Å². The van der Waals surface area contributed by atoms with Gasteiger partial charge in [0.05, 0.1) is 5.69 Å². The van der Waals surface area contributed by atoms with Crippen LogP contribution in [-0.2, 0) is 74.1 Å². The zero-order valence-corrected chi connectivity index (χ0v) is 20.3. The van der Waals surface area contributed by atoms with Crippen molar-refractivity contribution in [2.75, 3.05) is 8.38 Å². The van der Waals surface area contributed by atoms with Gasteiger partial charge in [-0.15, -0.1) is 8.67 Å². The number of para-hydroxylation sites is 1. The third-order valence-corrected chi connectivity index (χ3v) is 4.36. The summed E-state index contributed by atoms with van der Waals surface area (Å²) in [5.41, 5.74) is 2.66. The summed E-state index contributed by atoms with van der Waals surface area (Å²) in [6.07, 6.45) is 0. The Morgan fingerprint density at radius 2 is 1.17 bits per heavy atom. The summed E-state index contributed by atoms with van der Waals surface area (Å²) < 4.78 is 11.3. The van der Waals surface area contributed by atoms with Crippen molar-refractivity contribution in [3.05, 3.63) is 54.6 Å². The molecular formula is C12H13N2O4PS2Y2. The molecule has 0 aliphatic rings. The zero-order valence-electron chi connectivity index (χ0n) is 11.9. The maximum absolute atomic E-state index is 8.48. The normalized spacial score (nSPS) is 9.52. The predicted molar refractivity (Wildman–Crippen MR) is 89.8 cm³/mol. The smallest absolute Gasteiger partial charge is 0.164 e. The number of rotatable bonds is 7. The molecular weight excluding hydrogens is 509 g/mol. The van der Waals surface area contributed by atoms with Gasteiger partial charge in [-0.3, -0.25) is 0 Å². The van der Waals surface area contributed by atoms with Crippen molar-refractivity contribution in [1.29, 1.82) is 0 Å². The molecule has 6 nitrogen and oxygen atoms in total. The van der Waals surface area contributed by atoms with E-state index in [4.69, 9.17) is 10.5 Å². The van der Waals surface area contributed by atoms with Gasteiger partial charge in [-0.2, -0.15) is 0 Å². The first-order chi connectivity index (χ1) is 10.3. The Labute approximate surface area is 196 Å². The summed E-state index contributed by atoms with van der Waals surface area (Å²) in [4.78, 5) is 0. The van der Waals surface area contributed by atoms with Gasteiger partial charge in [0, 0.05) is 76.8 Å². The Morgan fingerprint density at radius 3 is 1.65 bits per heavy atom. The van der Waals surface area contributed by atoms with Crippen LogP contribution in [0, 0.1) is 0 Å². The van der Waals surface area contributed by atoms with Crippen LogP contribution in [0.2, 0.25) is 0 Å². The van der Waals surface area contributed by atoms with Crippen molar-refractivity contribution >= 4 is 50.9 Å². The molecule has 2 N–H and O–H groups in total. The quantitative estimate of drug-likeness (QED) is 0.181. The Bertz CT molecular complexity index is 551. The van der Waals surface area contributed by atoms with Crippen molar-refractivity contribution in [2.45, 2.75) is 0 Å². The van der Waals surface area contributed by atoms with E-state index >= 15 is 0 Å². The van der Waals surface area contributed by atoms with Crippen LogP contribution in [0.25, 0.3) is 0 Å². The first-order valence-corrected chi connectivity index (χ1v) is 7.64. The Kier molecular flexibility index (Phi) is 14.1. The summed E-state index contributed by atoms with van der Waals surface area (Å²) in [5.74, 6) is 0. The molecule has 0 heterocycles. The number of hydrogen-bond donors (Lipinski definition) is 2. The van der Waals surface area contributed by atoms with Crippen molar-refractivity contribution in [2.24, 2.45) is 0 Å². The van der Waals surface area contributed by atoms with Crippen molar-refractivity contribution < 1.29 is 84.6 Å². The summed E-state index contributed by atoms with van der Waals surface area (Å²) >= 11 is 1.23. The molecule has 0 saturated heterocycles. The first-order valence-electron chi connectivity index (χ1n) is 5.72. The van der Waals surface area contributed by atoms with Crippen LogP contribution in [0.3, 0.4) is 0 Å². The molecule has 1 atom stereocenters. The van der Waals surface area contributed by atoms with E-state index in [0.29, 0.717) is 30.1 Å². The van der Waals surface area contributed by atoms with E-state index in [0.717, 1.165) is 11.4 Å². The van der Waals surface area contributed by atoms with Crippen molar-refractivity contribution in [3.8, 4) is 0 Å². The molecule has 0 bridgehead atoms. The van der Waals surface area contributed by atoms with Gasteiger partial charge in [0.1, 0.15) is 0 Å². The maximum atomic E-state index is 8.48. The zero-order chi connectivity index (χ0) is 15.1. The van der Waals surface area contributed by atoms with Crippen LogP contribution in [0.1, 0.15) is 0 Å². The van der Waals surface area contributed by atoms with Crippen LogP contribution in [0.5, 0.6) is 0 Å². The van der Waals surface area contributed by atoms with Gasteiger partial charge >= 0.3 is 0 Å². The van der Waals surface area contributed by atoms with Crippen LogP contribution in [-0.4, -0.2) is 10.5 Å². The van der Waals surface area contributed by atoms with Gasteiger partial charge < -0.3 is 4.67 Å². The minimum absolute atomic E-state index is 0. The summed E-state index contributed by atoms with van der Waals surface area (Å²) in [6.45, 7) is 0. The van der Waals surface area contributed by atoms with Gasteiger partial charge in [0.2, 0.25) is 0 Å². The van der Waals surface area contributed by atoms with Crippen molar-refractivity contribution in [1.82, 2.24) is 0 Å². The van der Waals surface area contributed by atoms with E-state index in [1.54, 1.807) is 12.1 Å². The first kappa shape index (κ1) is 24.2. The van der Waals surface area contributed by atoms with E-state index in [2.05, 4.69) is 18.1 Å². The fourth-order valence-electron chi connectivity index (χ4n) is 1.63. The van der Waals surface area contributed by atoms with Crippen LogP contribution >= 0.6 is 33.8 Å². The number of nitrogens with zero attached hydrogens (tertiary/aromatic N) is 2. The van der Waals surface area contributed by atoms with E-state index in [1.807, 2.05) is 47.1 Å². The molecule has 0 aromatic heterocycles. The van der Waals surface area contributed by atoms with E-state index in [9.17, 15) is 0 Å². The van der Waals surface area contributed by atoms with Crippen LogP contribution in [0.15, 0.2) is 54.6 Å². The molecule has 0 aliphatic heterocycles. The minimum Gasteiger partial charge on any atom is -0.326 e. The Hall–Kier alpha value is 1.22. The molecule has 0 spiro atoms.